The van der Waals surface area contributed by atoms with E-state index in [1.165, 1.54) is 25.4 Å². The molecule has 7 nitrogen and oxygen atoms in total. The van der Waals surface area contributed by atoms with E-state index in [-0.39, 0.29) is 35.3 Å². The van der Waals surface area contributed by atoms with Crippen LogP contribution in [0.2, 0.25) is 0 Å². The van der Waals surface area contributed by atoms with E-state index in [4.69, 9.17) is 4.74 Å². The number of sulfone groups is 1. The third-order valence-electron chi connectivity index (χ3n) is 6.19. The molecule has 37 heavy (non-hydrogen) atoms. The molecular formula is C26H28F3N3O4S. The van der Waals surface area contributed by atoms with E-state index >= 15 is 0 Å². The number of alkyl halides is 3. The van der Waals surface area contributed by atoms with Gasteiger partial charge in [0.1, 0.15) is 5.75 Å². The van der Waals surface area contributed by atoms with Crippen LogP contribution in [-0.4, -0.2) is 41.9 Å². The maximum absolute atomic E-state index is 13.3. The number of halogens is 3. The average Bonchev–Trinajstić information content (AvgIpc) is 3.59. The molecule has 0 aliphatic heterocycles. The Morgan fingerprint density at radius 2 is 1.84 bits per heavy atom. The molecule has 1 aliphatic rings. The number of imidazole rings is 1. The molecule has 1 saturated carbocycles. The van der Waals surface area contributed by atoms with Crippen LogP contribution in [0.4, 0.5) is 13.2 Å². The van der Waals surface area contributed by atoms with Crippen molar-refractivity contribution >= 4 is 15.7 Å². The zero-order chi connectivity index (χ0) is 27.0. The normalized spacial score (nSPS) is 14.1. The fourth-order valence-electron chi connectivity index (χ4n) is 4.13. The van der Waals surface area contributed by atoms with Crippen LogP contribution < -0.4 is 4.74 Å². The van der Waals surface area contributed by atoms with Gasteiger partial charge in [0.25, 0.3) is 5.91 Å². The number of ether oxygens (including phenoxy) is 1. The summed E-state index contributed by atoms with van der Waals surface area (Å²) >= 11 is 0. The van der Waals surface area contributed by atoms with E-state index in [0.717, 1.165) is 25.0 Å². The smallest absolute Gasteiger partial charge is 0.416 e. The minimum atomic E-state index is -4.57. The van der Waals surface area contributed by atoms with Crippen LogP contribution in [-0.2, 0) is 28.3 Å². The quantitative estimate of drug-likeness (QED) is 0.373. The number of benzene rings is 2. The number of carbonyl (C=O) groups excluding carboxylic acids is 1. The number of amides is 1. The van der Waals surface area contributed by atoms with E-state index in [1.54, 1.807) is 33.7 Å². The van der Waals surface area contributed by atoms with Gasteiger partial charge in [-0.25, -0.2) is 13.4 Å². The third kappa shape index (κ3) is 5.98. The van der Waals surface area contributed by atoms with Gasteiger partial charge >= 0.3 is 6.18 Å². The summed E-state index contributed by atoms with van der Waals surface area (Å²) in [6.45, 7) is 3.86. The summed E-state index contributed by atoms with van der Waals surface area (Å²) in [5.41, 5.74) is 0.140. The lowest BCUT2D eigenvalue weighted by Gasteiger charge is -2.27. The predicted molar refractivity (Wildman–Crippen MR) is 131 cm³/mol. The molecule has 0 atom stereocenters. The molecule has 1 amide bonds. The summed E-state index contributed by atoms with van der Waals surface area (Å²) in [5.74, 6) is -0.219. The van der Waals surface area contributed by atoms with Gasteiger partial charge in [0.15, 0.2) is 0 Å². The number of rotatable bonds is 9. The van der Waals surface area contributed by atoms with Gasteiger partial charge in [-0.1, -0.05) is 18.2 Å². The summed E-state index contributed by atoms with van der Waals surface area (Å²) in [6.07, 6.45) is -1.63. The highest BCUT2D eigenvalue weighted by atomic mass is 32.2. The highest BCUT2D eigenvalue weighted by Crippen LogP contribution is 2.39. The van der Waals surface area contributed by atoms with E-state index in [1.807, 2.05) is 13.8 Å². The fourth-order valence-corrected chi connectivity index (χ4v) is 5.66. The van der Waals surface area contributed by atoms with Crippen molar-refractivity contribution in [1.82, 2.24) is 14.5 Å². The molecule has 0 unspecified atom stereocenters. The SMILES string of the molecule is COc1ccc(C(=O)N(Cc2cnc(S(=O)(=O)Cc3cccc(C(F)(F)F)c3)n2C2CC2)C(C)C)cc1. The van der Waals surface area contributed by atoms with Crippen LogP contribution in [0.25, 0.3) is 0 Å². The number of nitrogens with zero attached hydrogens (tertiary/aromatic N) is 3. The van der Waals surface area contributed by atoms with Gasteiger partial charge in [-0.3, -0.25) is 4.79 Å². The first-order chi connectivity index (χ1) is 17.4. The Morgan fingerprint density at radius 3 is 2.41 bits per heavy atom. The van der Waals surface area contributed by atoms with E-state index in [2.05, 4.69) is 4.98 Å². The number of methoxy groups -OCH3 is 1. The van der Waals surface area contributed by atoms with Gasteiger partial charge in [-0.2, -0.15) is 13.2 Å². The monoisotopic (exact) mass is 535 g/mol. The molecule has 2 aromatic carbocycles. The molecule has 1 heterocycles. The molecule has 0 radical (unpaired) electrons. The van der Waals surface area contributed by atoms with Crippen molar-refractivity contribution in [3.63, 3.8) is 0 Å². The van der Waals surface area contributed by atoms with Crippen molar-refractivity contribution in [3.05, 3.63) is 77.1 Å². The van der Waals surface area contributed by atoms with Crippen LogP contribution in [0.5, 0.6) is 5.75 Å². The lowest BCUT2D eigenvalue weighted by molar-refractivity contribution is -0.137. The number of hydrogen-bond donors (Lipinski definition) is 0. The molecule has 3 aromatic rings. The topological polar surface area (TPSA) is 81.5 Å². The Hall–Kier alpha value is -3.34. The zero-order valence-corrected chi connectivity index (χ0v) is 21.5. The Morgan fingerprint density at radius 1 is 1.16 bits per heavy atom. The zero-order valence-electron chi connectivity index (χ0n) is 20.7. The van der Waals surface area contributed by atoms with E-state index in [0.29, 0.717) is 17.0 Å². The Kier molecular flexibility index (Phi) is 7.36. The second kappa shape index (κ2) is 10.2. The highest BCUT2D eigenvalue weighted by Gasteiger charge is 2.35. The van der Waals surface area contributed by atoms with Gasteiger partial charge < -0.3 is 14.2 Å². The van der Waals surface area contributed by atoms with Gasteiger partial charge in [0.05, 0.1) is 36.9 Å². The first kappa shape index (κ1) is 26.7. The summed E-state index contributed by atoms with van der Waals surface area (Å²) in [7, 11) is -2.52. The number of hydrogen-bond acceptors (Lipinski definition) is 5. The molecule has 0 bridgehead atoms. The molecule has 0 N–H and O–H groups in total. The predicted octanol–water partition coefficient (Wildman–Crippen LogP) is 5.27. The van der Waals surface area contributed by atoms with Crippen LogP contribution in [0.15, 0.2) is 59.9 Å². The average molecular weight is 536 g/mol. The summed E-state index contributed by atoms with van der Waals surface area (Å²) in [5, 5.41) is -0.192. The maximum atomic E-state index is 13.3. The first-order valence-electron chi connectivity index (χ1n) is 11.8. The molecule has 11 heteroatoms. The molecule has 1 fully saturated rings. The lowest BCUT2D eigenvalue weighted by atomic mass is 10.1. The van der Waals surface area contributed by atoms with Crippen LogP contribution in [0.3, 0.4) is 0 Å². The lowest BCUT2D eigenvalue weighted by Crippen LogP contribution is -2.37. The first-order valence-corrected chi connectivity index (χ1v) is 13.5. The summed E-state index contributed by atoms with van der Waals surface area (Å²) < 4.78 is 72.7. The highest BCUT2D eigenvalue weighted by molar-refractivity contribution is 7.90. The van der Waals surface area contributed by atoms with Crippen molar-refractivity contribution in [2.24, 2.45) is 0 Å². The molecular weight excluding hydrogens is 507 g/mol. The number of aromatic nitrogens is 2. The van der Waals surface area contributed by atoms with Crippen molar-refractivity contribution in [2.45, 2.75) is 62.4 Å². The van der Waals surface area contributed by atoms with Crippen molar-refractivity contribution < 1.29 is 31.1 Å². The molecule has 1 aromatic heterocycles. The number of carbonyl (C=O) groups is 1. The standard InChI is InChI=1S/C26H28F3N3O4S/c1-17(2)31(24(33)19-7-11-23(36-3)12-8-19)15-22-14-30-25(32(22)21-9-10-21)37(34,35)16-18-5-4-6-20(13-18)26(27,28)29/h4-8,11-14,17,21H,9-10,15-16H2,1-3H3. The second-order valence-electron chi connectivity index (χ2n) is 9.35. The second-order valence-corrected chi connectivity index (χ2v) is 11.2. The molecule has 198 valence electrons. The van der Waals surface area contributed by atoms with Gasteiger partial charge in [-0.05, 0) is 62.6 Å². The summed E-state index contributed by atoms with van der Waals surface area (Å²) in [6, 6.07) is 10.7. The maximum Gasteiger partial charge on any atom is 0.416 e. The van der Waals surface area contributed by atoms with Gasteiger partial charge in [0, 0.05) is 17.6 Å². The van der Waals surface area contributed by atoms with Gasteiger partial charge in [0.2, 0.25) is 15.0 Å². The molecule has 4 rings (SSSR count). The minimum absolute atomic E-state index is 0.0280. The molecule has 0 spiro atoms. The third-order valence-corrected chi connectivity index (χ3v) is 7.77. The largest absolute Gasteiger partial charge is 0.497 e. The van der Waals surface area contributed by atoms with Crippen LogP contribution in [0, 0.1) is 0 Å². The van der Waals surface area contributed by atoms with E-state index < -0.39 is 27.3 Å². The van der Waals surface area contributed by atoms with Crippen LogP contribution >= 0.6 is 0 Å². The van der Waals surface area contributed by atoms with Crippen molar-refractivity contribution in [3.8, 4) is 5.75 Å². The Balaban J connectivity index is 1.63. The molecule has 0 saturated heterocycles. The van der Waals surface area contributed by atoms with Gasteiger partial charge in [-0.15, -0.1) is 0 Å². The van der Waals surface area contributed by atoms with Crippen molar-refractivity contribution in [2.75, 3.05) is 7.11 Å². The Labute approximate surface area is 213 Å². The van der Waals surface area contributed by atoms with Crippen molar-refractivity contribution in [1.29, 1.82) is 0 Å². The molecule has 1 aliphatic carbocycles. The van der Waals surface area contributed by atoms with Crippen LogP contribution in [0.1, 0.15) is 59.9 Å². The Bertz CT molecular complexity index is 1380. The summed E-state index contributed by atoms with van der Waals surface area (Å²) in [4.78, 5) is 19.1. The minimum Gasteiger partial charge on any atom is -0.497 e. The van der Waals surface area contributed by atoms with E-state index in [9.17, 15) is 26.4 Å². The fraction of sp³-hybridized carbons (Fsp3) is 0.385.